The molecule has 1 heterocycles. The first-order chi connectivity index (χ1) is 12.8. The lowest BCUT2D eigenvalue weighted by atomic mass is 9.94. The maximum Gasteiger partial charge on any atom is 0.410 e. The second-order valence-corrected chi connectivity index (χ2v) is 7.80. The molecule has 1 aliphatic heterocycles. The molecule has 0 bridgehead atoms. The Morgan fingerprint density at radius 1 is 1.19 bits per heavy atom. The van der Waals surface area contributed by atoms with E-state index < -0.39 is 5.60 Å². The fourth-order valence-corrected chi connectivity index (χ4v) is 3.00. The normalized spacial score (nSPS) is 15.3. The summed E-state index contributed by atoms with van der Waals surface area (Å²) in [5.41, 5.74) is 0.0415. The average molecular weight is 377 g/mol. The number of carbonyl (C=O) groups is 2. The van der Waals surface area contributed by atoms with E-state index in [1.165, 1.54) is 0 Å². The van der Waals surface area contributed by atoms with Gasteiger partial charge in [0.05, 0.1) is 18.8 Å². The van der Waals surface area contributed by atoms with Crippen molar-refractivity contribution >= 4 is 12.1 Å². The van der Waals surface area contributed by atoms with E-state index in [2.05, 4.69) is 0 Å². The SMILES string of the molecule is CCOC(=O)c1cccc(OCCC2CCN(C(=O)OC(C)(C)C)CC2)c1. The van der Waals surface area contributed by atoms with Crippen molar-refractivity contribution in [3.8, 4) is 5.75 Å². The number of hydrogen-bond donors (Lipinski definition) is 0. The minimum atomic E-state index is -0.458. The Bertz CT molecular complexity index is 630. The molecular formula is C21H31NO5. The molecule has 0 N–H and O–H groups in total. The number of likely N-dealkylation sites (tertiary alicyclic amines) is 1. The van der Waals surface area contributed by atoms with Gasteiger partial charge in [0.15, 0.2) is 0 Å². The van der Waals surface area contributed by atoms with Crippen molar-refractivity contribution in [2.75, 3.05) is 26.3 Å². The fraction of sp³-hybridized carbons (Fsp3) is 0.619. The summed E-state index contributed by atoms with van der Waals surface area (Å²) in [6, 6.07) is 7.06. The first-order valence-electron chi connectivity index (χ1n) is 9.66. The van der Waals surface area contributed by atoms with Crippen molar-refractivity contribution in [2.45, 2.75) is 52.6 Å². The predicted octanol–water partition coefficient (Wildman–Crippen LogP) is 4.28. The summed E-state index contributed by atoms with van der Waals surface area (Å²) in [6.45, 7) is 9.81. The van der Waals surface area contributed by atoms with Crippen LogP contribution in [0.2, 0.25) is 0 Å². The molecule has 1 saturated heterocycles. The third-order valence-corrected chi connectivity index (χ3v) is 4.41. The highest BCUT2D eigenvalue weighted by Crippen LogP contribution is 2.23. The van der Waals surface area contributed by atoms with E-state index in [0.29, 0.717) is 30.4 Å². The maximum atomic E-state index is 12.1. The Kier molecular flexibility index (Phi) is 7.51. The molecule has 6 heteroatoms. The Hall–Kier alpha value is -2.24. The van der Waals surface area contributed by atoms with Gasteiger partial charge in [-0.15, -0.1) is 0 Å². The zero-order chi connectivity index (χ0) is 19.9. The molecule has 1 fully saturated rings. The number of piperidine rings is 1. The van der Waals surface area contributed by atoms with Crippen molar-refractivity contribution in [2.24, 2.45) is 5.92 Å². The Morgan fingerprint density at radius 3 is 2.52 bits per heavy atom. The van der Waals surface area contributed by atoms with E-state index in [-0.39, 0.29) is 12.1 Å². The Balaban J connectivity index is 1.72. The molecule has 0 unspecified atom stereocenters. The molecule has 0 spiro atoms. The minimum Gasteiger partial charge on any atom is -0.494 e. The van der Waals surface area contributed by atoms with Crippen molar-refractivity contribution < 1.29 is 23.8 Å². The number of amides is 1. The molecule has 1 aromatic carbocycles. The molecule has 1 aromatic rings. The summed E-state index contributed by atoms with van der Waals surface area (Å²) in [6.07, 6.45) is 2.59. The van der Waals surface area contributed by atoms with Crippen molar-refractivity contribution in [3.63, 3.8) is 0 Å². The average Bonchev–Trinajstić information content (AvgIpc) is 2.61. The summed E-state index contributed by atoms with van der Waals surface area (Å²) in [5.74, 6) is 0.862. The number of benzene rings is 1. The summed E-state index contributed by atoms with van der Waals surface area (Å²) < 4.78 is 16.2. The number of esters is 1. The van der Waals surface area contributed by atoms with Crippen molar-refractivity contribution in [1.82, 2.24) is 4.90 Å². The molecule has 0 aliphatic carbocycles. The van der Waals surface area contributed by atoms with E-state index in [0.717, 1.165) is 32.4 Å². The molecule has 0 aromatic heterocycles. The van der Waals surface area contributed by atoms with Gasteiger partial charge < -0.3 is 19.1 Å². The van der Waals surface area contributed by atoms with Gasteiger partial charge in [-0.05, 0) is 71.1 Å². The van der Waals surface area contributed by atoms with Crippen LogP contribution in [0.4, 0.5) is 4.79 Å². The quantitative estimate of drug-likeness (QED) is 0.692. The predicted molar refractivity (Wildman–Crippen MR) is 103 cm³/mol. The lowest BCUT2D eigenvalue weighted by Gasteiger charge is -2.33. The van der Waals surface area contributed by atoms with Crippen LogP contribution in [0.15, 0.2) is 24.3 Å². The third kappa shape index (κ3) is 7.12. The van der Waals surface area contributed by atoms with Crippen LogP contribution in [-0.2, 0) is 9.47 Å². The smallest absolute Gasteiger partial charge is 0.410 e. The van der Waals surface area contributed by atoms with Crippen LogP contribution in [0.1, 0.15) is 57.3 Å². The number of hydrogen-bond acceptors (Lipinski definition) is 5. The van der Waals surface area contributed by atoms with Gasteiger partial charge in [0, 0.05) is 13.1 Å². The number of ether oxygens (including phenoxy) is 3. The van der Waals surface area contributed by atoms with Crippen molar-refractivity contribution in [1.29, 1.82) is 0 Å². The maximum absolute atomic E-state index is 12.1. The van der Waals surface area contributed by atoms with Gasteiger partial charge in [0.25, 0.3) is 0 Å². The summed E-state index contributed by atoms with van der Waals surface area (Å²) in [5, 5.41) is 0. The van der Waals surface area contributed by atoms with E-state index in [1.807, 2.05) is 26.8 Å². The first-order valence-corrected chi connectivity index (χ1v) is 9.66. The van der Waals surface area contributed by atoms with E-state index in [4.69, 9.17) is 14.2 Å². The molecule has 150 valence electrons. The second-order valence-electron chi connectivity index (χ2n) is 7.80. The molecule has 0 saturated carbocycles. The molecule has 1 amide bonds. The minimum absolute atomic E-state index is 0.229. The standard InChI is InChI=1S/C21H31NO5/c1-5-25-19(23)17-7-6-8-18(15-17)26-14-11-16-9-12-22(13-10-16)20(24)27-21(2,3)4/h6-8,15-16H,5,9-14H2,1-4H3. The summed E-state index contributed by atoms with van der Waals surface area (Å²) in [4.78, 5) is 25.6. The highest BCUT2D eigenvalue weighted by atomic mass is 16.6. The highest BCUT2D eigenvalue weighted by molar-refractivity contribution is 5.89. The Labute approximate surface area is 161 Å². The van der Waals surface area contributed by atoms with Gasteiger partial charge in [0.1, 0.15) is 11.4 Å². The molecule has 1 aliphatic rings. The summed E-state index contributed by atoms with van der Waals surface area (Å²) >= 11 is 0. The number of carbonyl (C=O) groups excluding carboxylic acids is 2. The zero-order valence-corrected chi connectivity index (χ0v) is 16.8. The fourth-order valence-electron chi connectivity index (χ4n) is 3.00. The molecule has 0 radical (unpaired) electrons. The van der Waals surface area contributed by atoms with Gasteiger partial charge in [-0.1, -0.05) is 6.07 Å². The van der Waals surface area contributed by atoms with E-state index >= 15 is 0 Å². The van der Waals surface area contributed by atoms with Gasteiger partial charge in [-0.2, -0.15) is 0 Å². The van der Waals surface area contributed by atoms with Crippen LogP contribution in [0.5, 0.6) is 5.75 Å². The van der Waals surface area contributed by atoms with Gasteiger partial charge >= 0.3 is 12.1 Å². The largest absolute Gasteiger partial charge is 0.494 e. The number of rotatable bonds is 6. The molecule has 27 heavy (non-hydrogen) atoms. The van der Waals surface area contributed by atoms with Gasteiger partial charge in [-0.3, -0.25) is 0 Å². The lowest BCUT2D eigenvalue weighted by molar-refractivity contribution is 0.0177. The van der Waals surface area contributed by atoms with Crippen LogP contribution in [0.3, 0.4) is 0 Å². The lowest BCUT2D eigenvalue weighted by Crippen LogP contribution is -2.41. The van der Waals surface area contributed by atoms with Gasteiger partial charge in [0.2, 0.25) is 0 Å². The highest BCUT2D eigenvalue weighted by Gasteiger charge is 2.26. The van der Waals surface area contributed by atoms with E-state index in [1.54, 1.807) is 30.0 Å². The van der Waals surface area contributed by atoms with Crippen molar-refractivity contribution in [3.05, 3.63) is 29.8 Å². The van der Waals surface area contributed by atoms with E-state index in [9.17, 15) is 9.59 Å². The Morgan fingerprint density at radius 2 is 1.89 bits per heavy atom. The number of nitrogens with zero attached hydrogens (tertiary/aromatic N) is 1. The second kappa shape index (κ2) is 9.62. The topological polar surface area (TPSA) is 65.1 Å². The van der Waals surface area contributed by atoms with Crippen LogP contribution in [-0.4, -0.2) is 48.9 Å². The molecule has 0 atom stereocenters. The first kappa shape index (κ1) is 21.1. The van der Waals surface area contributed by atoms with Crippen LogP contribution in [0, 0.1) is 5.92 Å². The molecular weight excluding hydrogens is 346 g/mol. The van der Waals surface area contributed by atoms with Gasteiger partial charge in [-0.25, -0.2) is 9.59 Å². The molecule has 2 rings (SSSR count). The summed E-state index contributed by atoms with van der Waals surface area (Å²) in [7, 11) is 0. The van der Waals surface area contributed by atoms with Crippen LogP contribution in [0.25, 0.3) is 0 Å². The van der Waals surface area contributed by atoms with Crippen LogP contribution >= 0.6 is 0 Å². The monoisotopic (exact) mass is 377 g/mol. The third-order valence-electron chi connectivity index (χ3n) is 4.41. The molecule has 6 nitrogen and oxygen atoms in total. The zero-order valence-electron chi connectivity index (χ0n) is 16.8. The van der Waals surface area contributed by atoms with Crippen LogP contribution < -0.4 is 4.74 Å².